The number of benzene rings is 3. The van der Waals surface area contributed by atoms with Gasteiger partial charge in [-0.15, -0.1) is 0 Å². The lowest BCUT2D eigenvalue weighted by atomic mass is 9.81. The van der Waals surface area contributed by atoms with Gasteiger partial charge in [-0.05, 0) is 48.4 Å². The van der Waals surface area contributed by atoms with Crippen LogP contribution in [0.25, 0.3) is 32.9 Å². The number of nitrogens with zero attached hydrogens (tertiary/aromatic N) is 1. The van der Waals surface area contributed by atoms with Crippen LogP contribution in [-0.2, 0) is 5.41 Å². The average molecular weight is 365 g/mol. The SMILES string of the molecule is CC(C)(c1cc(-c2ccc3ccccc3c2)nc2ccccc12)C(F)(F)F. The number of rotatable bonds is 2. The van der Waals surface area contributed by atoms with Crippen LogP contribution in [-0.4, -0.2) is 11.2 Å². The van der Waals surface area contributed by atoms with Crippen LogP contribution >= 0.6 is 0 Å². The van der Waals surface area contributed by atoms with E-state index in [0.717, 1.165) is 16.3 Å². The standard InChI is InChI=1S/C23H18F3N/c1-22(2,23(24,25)26)19-14-21(27-20-10-6-5-9-18(19)20)17-12-11-15-7-3-4-8-16(15)13-17/h3-14H,1-2H3. The molecular formula is C23H18F3N. The normalized spacial score (nSPS) is 12.6. The van der Waals surface area contributed by atoms with Gasteiger partial charge >= 0.3 is 6.18 Å². The number of hydrogen-bond donors (Lipinski definition) is 0. The lowest BCUT2D eigenvalue weighted by Gasteiger charge is -2.29. The van der Waals surface area contributed by atoms with E-state index in [0.29, 0.717) is 16.6 Å². The number of hydrogen-bond acceptors (Lipinski definition) is 1. The average Bonchev–Trinajstić information content (AvgIpc) is 2.65. The Morgan fingerprint density at radius 3 is 2.15 bits per heavy atom. The summed E-state index contributed by atoms with van der Waals surface area (Å²) in [5.74, 6) is 0. The third-order valence-corrected chi connectivity index (χ3v) is 5.14. The summed E-state index contributed by atoms with van der Waals surface area (Å²) in [6.45, 7) is 2.44. The smallest absolute Gasteiger partial charge is 0.248 e. The molecule has 0 aliphatic carbocycles. The van der Waals surface area contributed by atoms with Crippen LogP contribution in [0.4, 0.5) is 13.2 Å². The fraction of sp³-hybridized carbons (Fsp3) is 0.174. The molecule has 4 aromatic rings. The molecule has 0 atom stereocenters. The highest BCUT2D eigenvalue weighted by Crippen LogP contribution is 2.44. The van der Waals surface area contributed by atoms with E-state index in [9.17, 15) is 13.2 Å². The number of para-hydroxylation sites is 1. The molecule has 136 valence electrons. The van der Waals surface area contributed by atoms with Crippen molar-refractivity contribution in [2.75, 3.05) is 0 Å². The topological polar surface area (TPSA) is 12.9 Å². The number of pyridine rings is 1. The Bertz CT molecular complexity index is 1140. The molecule has 0 fully saturated rings. The van der Waals surface area contributed by atoms with E-state index in [2.05, 4.69) is 4.98 Å². The van der Waals surface area contributed by atoms with Crippen LogP contribution in [0.3, 0.4) is 0 Å². The third kappa shape index (κ3) is 2.95. The van der Waals surface area contributed by atoms with Gasteiger partial charge in [-0.1, -0.05) is 54.6 Å². The lowest BCUT2D eigenvalue weighted by Crippen LogP contribution is -2.36. The molecule has 0 unspecified atom stereocenters. The molecule has 0 N–H and O–H groups in total. The molecule has 0 aliphatic rings. The molecule has 27 heavy (non-hydrogen) atoms. The Morgan fingerprint density at radius 2 is 1.41 bits per heavy atom. The van der Waals surface area contributed by atoms with Crippen LogP contribution in [0.2, 0.25) is 0 Å². The molecule has 1 aromatic heterocycles. The second-order valence-corrected chi connectivity index (χ2v) is 7.26. The zero-order valence-electron chi connectivity index (χ0n) is 15.0. The second kappa shape index (κ2) is 6.08. The second-order valence-electron chi connectivity index (χ2n) is 7.26. The minimum atomic E-state index is -4.36. The molecule has 0 bridgehead atoms. The first-order chi connectivity index (χ1) is 12.8. The van der Waals surface area contributed by atoms with Gasteiger partial charge in [-0.2, -0.15) is 13.2 Å². The van der Waals surface area contributed by atoms with Gasteiger partial charge in [0.1, 0.15) is 0 Å². The van der Waals surface area contributed by atoms with Crippen molar-refractivity contribution in [3.05, 3.63) is 78.4 Å². The summed E-state index contributed by atoms with van der Waals surface area (Å²) in [5.41, 5.74) is 0.172. The van der Waals surface area contributed by atoms with Gasteiger partial charge in [-0.25, -0.2) is 4.98 Å². The number of fused-ring (bicyclic) bond motifs is 2. The first-order valence-corrected chi connectivity index (χ1v) is 8.73. The summed E-state index contributed by atoms with van der Waals surface area (Å²) in [4.78, 5) is 4.64. The van der Waals surface area contributed by atoms with Crippen molar-refractivity contribution in [3.8, 4) is 11.3 Å². The third-order valence-electron chi connectivity index (χ3n) is 5.14. The van der Waals surface area contributed by atoms with E-state index >= 15 is 0 Å². The number of alkyl halides is 3. The van der Waals surface area contributed by atoms with Crippen LogP contribution in [0, 0.1) is 0 Å². The maximum Gasteiger partial charge on any atom is 0.397 e. The van der Waals surface area contributed by atoms with Crippen LogP contribution in [0.15, 0.2) is 72.8 Å². The molecule has 1 heterocycles. The van der Waals surface area contributed by atoms with Gasteiger partial charge in [0.2, 0.25) is 0 Å². The largest absolute Gasteiger partial charge is 0.397 e. The van der Waals surface area contributed by atoms with Gasteiger partial charge in [0.05, 0.1) is 16.6 Å². The highest BCUT2D eigenvalue weighted by molar-refractivity contribution is 5.90. The summed E-state index contributed by atoms with van der Waals surface area (Å²) < 4.78 is 41.3. The fourth-order valence-corrected chi connectivity index (χ4v) is 3.34. The Balaban J connectivity index is 1.99. The molecule has 0 spiro atoms. The predicted octanol–water partition coefficient (Wildman–Crippen LogP) is 6.89. The molecule has 0 saturated heterocycles. The monoisotopic (exact) mass is 365 g/mol. The zero-order valence-corrected chi connectivity index (χ0v) is 15.0. The lowest BCUT2D eigenvalue weighted by molar-refractivity contribution is -0.179. The molecule has 3 aromatic carbocycles. The summed E-state index contributed by atoms with van der Waals surface area (Å²) in [5, 5.41) is 2.64. The van der Waals surface area contributed by atoms with Gasteiger partial charge in [0.25, 0.3) is 0 Å². The van der Waals surface area contributed by atoms with Crippen LogP contribution in [0.1, 0.15) is 19.4 Å². The van der Waals surface area contributed by atoms with Gasteiger partial charge < -0.3 is 0 Å². The molecule has 0 radical (unpaired) electrons. The number of aromatic nitrogens is 1. The van der Waals surface area contributed by atoms with E-state index in [1.165, 1.54) is 13.8 Å². The van der Waals surface area contributed by atoms with E-state index < -0.39 is 11.6 Å². The van der Waals surface area contributed by atoms with Gasteiger partial charge in [-0.3, -0.25) is 0 Å². The zero-order chi connectivity index (χ0) is 19.2. The maximum atomic E-state index is 13.8. The van der Waals surface area contributed by atoms with Crippen molar-refractivity contribution in [1.82, 2.24) is 4.98 Å². The Hall–Kier alpha value is -2.88. The van der Waals surface area contributed by atoms with Crippen molar-refractivity contribution >= 4 is 21.7 Å². The minimum Gasteiger partial charge on any atom is -0.248 e. The highest BCUT2D eigenvalue weighted by atomic mass is 19.4. The molecule has 0 amide bonds. The van der Waals surface area contributed by atoms with Crippen LogP contribution < -0.4 is 0 Å². The van der Waals surface area contributed by atoms with Crippen molar-refractivity contribution in [3.63, 3.8) is 0 Å². The number of halogens is 3. The minimum absolute atomic E-state index is 0.240. The van der Waals surface area contributed by atoms with Crippen molar-refractivity contribution in [1.29, 1.82) is 0 Å². The quantitative estimate of drug-likeness (QED) is 0.377. The first-order valence-electron chi connectivity index (χ1n) is 8.73. The Labute approximate surface area is 155 Å². The van der Waals surface area contributed by atoms with E-state index in [1.807, 2.05) is 42.5 Å². The predicted molar refractivity (Wildman–Crippen MR) is 104 cm³/mol. The van der Waals surface area contributed by atoms with Crippen molar-refractivity contribution in [2.45, 2.75) is 25.4 Å². The molecule has 0 aliphatic heterocycles. The molecule has 4 rings (SSSR count). The Kier molecular flexibility index (Phi) is 3.95. The summed E-state index contributed by atoms with van der Waals surface area (Å²) in [6.07, 6.45) is -4.36. The van der Waals surface area contributed by atoms with E-state index in [4.69, 9.17) is 0 Å². The molecular weight excluding hydrogens is 347 g/mol. The van der Waals surface area contributed by atoms with E-state index in [-0.39, 0.29) is 5.56 Å². The summed E-state index contributed by atoms with van der Waals surface area (Å²) >= 11 is 0. The van der Waals surface area contributed by atoms with Crippen LogP contribution in [0.5, 0.6) is 0 Å². The van der Waals surface area contributed by atoms with Crippen molar-refractivity contribution < 1.29 is 13.2 Å². The van der Waals surface area contributed by atoms with E-state index in [1.54, 1.807) is 30.3 Å². The Morgan fingerprint density at radius 1 is 0.741 bits per heavy atom. The maximum absolute atomic E-state index is 13.8. The fourth-order valence-electron chi connectivity index (χ4n) is 3.34. The summed E-state index contributed by atoms with van der Waals surface area (Å²) in [6, 6.07) is 22.3. The molecule has 0 saturated carbocycles. The van der Waals surface area contributed by atoms with Gasteiger partial charge in [0.15, 0.2) is 0 Å². The van der Waals surface area contributed by atoms with Gasteiger partial charge in [0, 0.05) is 10.9 Å². The first kappa shape index (κ1) is 17.5. The molecule has 4 heteroatoms. The highest BCUT2D eigenvalue weighted by Gasteiger charge is 2.49. The van der Waals surface area contributed by atoms with Crippen molar-refractivity contribution in [2.24, 2.45) is 0 Å². The summed E-state index contributed by atoms with van der Waals surface area (Å²) in [7, 11) is 0. The molecule has 1 nitrogen and oxygen atoms in total.